The molecule has 162 valence electrons. The molecule has 9 heteroatoms. The molecule has 2 N–H and O–H groups in total. The third-order valence-corrected chi connectivity index (χ3v) is 6.14. The topological polar surface area (TPSA) is 60.5 Å². The van der Waals surface area contributed by atoms with Gasteiger partial charge >= 0.3 is 6.18 Å². The SMILES string of the molecule is Cc1[nH]c(C2CC(c3cccs3)=NN2c2ccccc2)c(C)c1C(=O)NCC(F)(F)F. The maximum Gasteiger partial charge on any atom is 0.405 e. The highest BCUT2D eigenvalue weighted by atomic mass is 32.1. The van der Waals surface area contributed by atoms with E-state index in [4.69, 9.17) is 5.10 Å². The summed E-state index contributed by atoms with van der Waals surface area (Å²) in [5.74, 6) is -0.738. The molecule has 31 heavy (non-hydrogen) atoms. The number of amides is 1. The van der Waals surface area contributed by atoms with Crippen molar-refractivity contribution in [3.05, 3.63) is 75.2 Å². The van der Waals surface area contributed by atoms with Gasteiger partial charge in [0.1, 0.15) is 6.54 Å². The van der Waals surface area contributed by atoms with Gasteiger partial charge in [0.15, 0.2) is 0 Å². The summed E-state index contributed by atoms with van der Waals surface area (Å²) in [6.45, 7) is 2.09. The number of rotatable bonds is 5. The second-order valence-electron chi connectivity index (χ2n) is 7.39. The Morgan fingerprint density at radius 2 is 1.97 bits per heavy atom. The van der Waals surface area contributed by atoms with Crippen molar-refractivity contribution >= 4 is 28.6 Å². The van der Waals surface area contributed by atoms with Crippen LogP contribution in [0.4, 0.5) is 18.9 Å². The number of aryl methyl sites for hydroxylation is 1. The smallest absolute Gasteiger partial charge is 0.360 e. The van der Waals surface area contributed by atoms with Gasteiger partial charge in [0, 0.05) is 17.8 Å². The largest absolute Gasteiger partial charge is 0.405 e. The number of aromatic nitrogens is 1. The van der Waals surface area contributed by atoms with Crippen LogP contribution in [-0.2, 0) is 0 Å². The molecule has 3 aromatic rings. The Balaban J connectivity index is 1.69. The molecule has 3 heterocycles. The Hall–Kier alpha value is -3.07. The summed E-state index contributed by atoms with van der Waals surface area (Å²) < 4.78 is 37.7. The Bertz CT molecular complexity index is 1100. The van der Waals surface area contributed by atoms with E-state index in [0.717, 1.165) is 22.0 Å². The molecule has 0 bridgehead atoms. The van der Waals surface area contributed by atoms with E-state index < -0.39 is 18.6 Å². The number of halogens is 3. The van der Waals surface area contributed by atoms with Crippen LogP contribution in [0.3, 0.4) is 0 Å². The first-order chi connectivity index (χ1) is 14.7. The maximum atomic E-state index is 12.6. The van der Waals surface area contributed by atoms with Crippen LogP contribution < -0.4 is 10.3 Å². The average Bonchev–Trinajstić information content (AvgIpc) is 3.45. The molecule has 1 aliphatic rings. The number of hydrogen-bond donors (Lipinski definition) is 2. The Morgan fingerprint density at radius 3 is 2.61 bits per heavy atom. The minimum Gasteiger partial charge on any atom is -0.360 e. The van der Waals surface area contributed by atoms with Crippen LogP contribution >= 0.6 is 11.3 Å². The lowest BCUT2D eigenvalue weighted by molar-refractivity contribution is -0.123. The fourth-order valence-electron chi connectivity index (χ4n) is 3.86. The normalized spacial score (nSPS) is 16.5. The number of H-pyrrole nitrogens is 1. The second-order valence-corrected chi connectivity index (χ2v) is 8.33. The molecular weight excluding hydrogens is 425 g/mol. The van der Waals surface area contributed by atoms with E-state index in [9.17, 15) is 18.0 Å². The first kappa shape index (κ1) is 21.2. The van der Waals surface area contributed by atoms with Crippen LogP contribution in [-0.4, -0.2) is 29.3 Å². The van der Waals surface area contributed by atoms with Crippen molar-refractivity contribution in [2.75, 3.05) is 11.6 Å². The minimum atomic E-state index is -4.46. The molecule has 1 unspecified atom stereocenters. The molecule has 4 rings (SSSR count). The summed E-state index contributed by atoms with van der Waals surface area (Å²) in [7, 11) is 0. The van der Waals surface area contributed by atoms with Gasteiger partial charge in [-0.15, -0.1) is 11.3 Å². The molecule has 5 nitrogen and oxygen atoms in total. The van der Waals surface area contributed by atoms with Gasteiger partial charge in [0.2, 0.25) is 0 Å². The molecule has 1 aliphatic heterocycles. The number of benzene rings is 1. The van der Waals surface area contributed by atoms with Gasteiger partial charge in [0.25, 0.3) is 5.91 Å². The highest BCUT2D eigenvalue weighted by molar-refractivity contribution is 7.12. The summed E-state index contributed by atoms with van der Waals surface area (Å²) in [4.78, 5) is 16.8. The number of para-hydroxylation sites is 1. The molecule has 0 saturated heterocycles. The van der Waals surface area contributed by atoms with E-state index in [1.165, 1.54) is 0 Å². The van der Waals surface area contributed by atoms with Crippen molar-refractivity contribution in [2.24, 2.45) is 5.10 Å². The van der Waals surface area contributed by atoms with Gasteiger partial charge in [-0.3, -0.25) is 9.80 Å². The predicted molar refractivity (Wildman–Crippen MR) is 116 cm³/mol. The number of nitrogens with zero attached hydrogens (tertiary/aromatic N) is 2. The van der Waals surface area contributed by atoms with Crippen LogP contribution in [0.25, 0.3) is 0 Å². The van der Waals surface area contributed by atoms with Crippen molar-refractivity contribution in [3.8, 4) is 0 Å². The number of aromatic amines is 1. The summed E-state index contributed by atoms with van der Waals surface area (Å²) in [5, 5.41) is 10.7. The van der Waals surface area contributed by atoms with Crippen molar-refractivity contribution in [1.29, 1.82) is 0 Å². The van der Waals surface area contributed by atoms with Crippen LogP contribution in [0.2, 0.25) is 0 Å². The number of thiophene rings is 1. The van der Waals surface area contributed by atoms with E-state index in [-0.39, 0.29) is 11.6 Å². The van der Waals surface area contributed by atoms with Crippen LogP contribution in [0, 0.1) is 13.8 Å². The number of nitrogens with one attached hydrogen (secondary N) is 2. The summed E-state index contributed by atoms with van der Waals surface area (Å²) in [6, 6.07) is 13.5. The van der Waals surface area contributed by atoms with Crippen molar-refractivity contribution < 1.29 is 18.0 Å². The molecule has 1 aromatic carbocycles. The van der Waals surface area contributed by atoms with Crippen LogP contribution in [0.5, 0.6) is 0 Å². The van der Waals surface area contributed by atoms with Gasteiger partial charge < -0.3 is 10.3 Å². The number of hydrazone groups is 1. The minimum absolute atomic E-state index is 0.206. The molecule has 0 spiro atoms. The molecular formula is C22H21F3N4OS. The van der Waals surface area contributed by atoms with Crippen molar-refractivity contribution in [1.82, 2.24) is 10.3 Å². The molecule has 0 radical (unpaired) electrons. The molecule has 1 amide bonds. The number of carbonyl (C=O) groups is 1. The first-order valence-corrected chi connectivity index (χ1v) is 10.6. The van der Waals surface area contributed by atoms with Gasteiger partial charge in [-0.1, -0.05) is 24.3 Å². The summed E-state index contributed by atoms with van der Waals surface area (Å²) >= 11 is 1.60. The number of carbonyl (C=O) groups excluding carboxylic acids is 1. The maximum absolute atomic E-state index is 12.6. The predicted octanol–water partition coefficient (Wildman–Crippen LogP) is 5.34. The Morgan fingerprint density at radius 1 is 1.23 bits per heavy atom. The zero-order valence-corrected chi connectivity index (χ0v) is 17.8. The quantitative estimate of drug-likeness (QED) is 0.556. The van der Waals surface area contributed by atoms with Crippen LogP contribution in [0.1, 0.15) is 44.6 Å². The third kappa shape index (κ3) is 4.36. The average molecular weight is 446 g/mol. The lowest BCUT2D eigenvalue weighted by Crippen LogP contribution is -2.34. The zero-order chi connectivity index (χ0) is 22.2. The third-order valence-electron chi connectivity index (χ3n) is 5.22. The van der Waals surface area contributed by atoms with Gasteiger partial charge in [-0.25, -0.2) is 0 Å². The van der Waals surface area contributed by atoms with Gasteiger partial charge in [0.05, 0.1) is 27.9 Å². The highest BCUT2D eigenvalue weighted by Crippen LogP contribution is 2.39. The van der Waals surface area contributed by atoms with Crippen molar-refractivity contribution in [2.45, 2.75) is 32.5 Å². The Labute approximate surface area is 181 Å². The van der Waals surface area contributed by atoms with E-state index in [1.54, 1.807) is 25.2 Å². The summed E-state index contributed by atoms with van der Waals surface area (Å²) in [5.41, 5.74) is 4.01. The first-order valence-electron chi connectivity index (χ1n) is 9.74. The fraction of sp³-hybridized carbons (Fsp3) is 0.273. The molecule has 1 atom stereocenters. The molecule has 0 fully saturated rings. The Kier molecular flexibility index (Phi) is 5.62. The fourth-order valence-corrected chi connectivity index (χ4v) is 4.58. The number of alkyl halides is 3. The molecule has 2 aromatic heterocycles. The van der Waals surface area contributed by atoms with E-state index in [2.05, 4.69) is 4.98 Å². The number of anilines is 1. The van der Waals surface area contributed by atoms with Crippen LogP contribution in [0.15, 0.2) is 52.9 Å². The lowest BCUT2D eigenvalue weighted by atomic mass is 10.0. The molecule has 0 aliphatic carbocycles. The zero-order valence-electron chi connectivity index (χ0n) is 17.0. The van der Waals surface area contributed by atoms with Gasteiger partial charge in [-0.2, -0.15) is 18.3 Å². The van der Waals surface area contributed by atoms with E-state index >= 15 is 0 Å². The highest BCUT2D eigenvalue weighted by Gasteiger charge is 2.35. The molecule has 0 saturated carbocycles. The van der Waals surface area contributed by atoms with Crippen molar-refractivity contribution in [3.63, 3.8) is 0 Å². The second kappa shape index (κ2) is 8.22. The standard InChI is InChI=1S/C22H21F3N4OS/c1-13-19(21(30)26-12-22(23,24)25)14(2)27-20(13)17-11-16(18-9-6-10-31-18)28-29(17)15-7-4-3-5-8-15/h3-10,17,27H,11-12H2,1-2H3,(H,26,30). The monoisotopic (exact) mass is 446 g/mol. The van der Waals surface area contributed by atoms with E-state index in [0.29, 0.717) is 17.7 Å². The van der Waals surface area contributed by atoms with Gasteiger partial charge in [-0.05, 0) is 43.0 Å². The number of hydrogen-bond acceptors (Lipinski definition) is 4. The van der Waals surface area contributed by atoms with E-state index in [1.807, 2.05) is 58.2 Å². The summed E-state index contributed by atoms with van der Waals surface area (Å²) in [6.07, 6.45) is -3.85. The lowest BCUT2D eigenvalue weighted by Gasteiger charge is -2.23.